The van der Waals surface area contributed by atoms with Gasteiger partial charge in [-0.25, -0.2) is 0 Å². The molecule has 3 heteroatoms. The highest BCUT2D eigenvalue weighted by molar-refractivity contribution is 6.32. The van der Waals surface area contributed by atoms with E-state index in [4.69, 9.17) is 11.6 Å². The van der Waals surface area contributed by atoms with Crippen LogP contribution in [0.1, 0.15) is 32.3 Å². The number of benzene rings is 1. The van der Waals surface area contributed by atoms with Crippen molar-refractivity contribution in [3.05, 3.63) is 40.9 Å². The summed E-state index contributed by atoms with van der Waals surface area (Å²) in [5, 5.41) is 3.59. The Labute approximate surface area is 108 Å². The van der Waals surface area contributed by atoms with Crippen LogP contribution in [0.2, 0.25) is 5.02 Å². The zero-order chi connectivity index (χ0) is 12.7. The summed E-state index contributed by atoms with van der Waals surface area (Å²) in [6.07, 6.45) is 5.16. The molecule has 0 fully saturated rings. The van der Waals surface area contributed by atoms with Crippen molar-refractivity contribution in [3.8, 4) is 0 Å². The number of amides is 1. The second-order valence-corrected chi connectivity index (χ2v) is 4.28. The minimum absolute atomic E-state index is 0.0707. The molecule has 0 unspecified atom stereocenters. The predicted molar refractivity (Wildman–Crippen MR) is 73.0 cm³/mol. The lowest BCUT2D eigenvalue weighted by atomic mass is 10.1. The largest absolute Gasteiger partial charge is 0.350 e. The molecule has 0 atom stereocenters. The summed E-state index contributed by atoms with van der Waals surface area (Å²) in [6, 6.07) is 7.69. The average molecular weight is 252 g/mol. The summed E-state index contributed by atoms with van der Waals surface area (Å²) in [5.41, 5.74) is 0.855. The fourth-order valence-electron chi connectivity index (χ4n) is 1.52. The molecule has 0 radical (unpaired) electrons. The molecule has 1 aromatic carbocycles. The van der Waals surface area contributed by atoms with Crippen LogP contribution in [0.3, 0.4) is 0 Å². The first-order valence-electron chi connectivity index (χ1n) is 5.90. The fourth-order valence-corrected chi connectivity index (χ4v) is 1.72. The second kappa shape index (κ2) is 7.13. The van der Waals surface area contributed by atoms with Crippen molar-refractivity contribution >= 4 is 23.6 Å². The Morgan fingerprint density at radius 3 is 2.59 bits per heavy atom. The number of carbonyl (C=O) groups is 1. The lowest BCUT2D eigenvalue weighted by Gasteiger charge is -2.12. The normalized spacial score (nSPS) is 11.1. The van der Waals surface area contributed by atoms with E-state index in [1.165, 1.54) is 6.08 Å². The third-order valence-corrected chi connectivity index (χ3v) is 3.00. The fraction of sp³-hybridized carbons (Fsp3) is 0.357. The molecule has 1 amide bonds. The number of rotatable bonds is 5. The molecule has 0 aliphatic rings. The number of hydrogen-bond acceptors (Lipinski definition) is 1. The van der Waals surface area contributed by atoms with Crippen LogP contribution in [0.15, 0.2) is 30.3 Å². The zero-order valence-corrected chi connectivity index (χ0v) is 11.0. The topological polar surface area (TPSA) is 29.1 Å². The van der Waals surface area contributed by atoms with Crippen LogP contribution >= 0.6 is 11.6 Å². The van der Waals surface area contributed by atoms with Crippen molar-refractivity contribution in [2.24, 2.45) is 0 Å². The van der Waals surface area contributed by atoms with Gasteiger partial charge in [0.05, 0.1) is 0 Å². The van der Waals surface area contributed by atoms with Crippen LogP contribution in [-0.2, 0) is 4.79 Å². The van der Waals surface area contributed by atoms with Gasteiger partial charge in [0.2, 0.25) is 5.91 Å². The summed E-state index contributed by atoms with van der Waals surface area (Å²) in [7, 11) is 0. The van der Waals surface area contributed by atoms with Crippen LogP contribution in [0.4, 0.5) is 0 Å². The van der Waals surface area contributed by atoms with E-state index in [2.05, 4.69) is 19.2 Å². The smallest absolute Gasteiger partial charge is 0.244 e. The Kier molecular flexibility index (Phi) is 5.78. The van der Waals surface area contributed by atoms with Crippen molar-refractivity contribution in [3.63, 3.8) is 0 Å². The van der Waals surface area contributed by atoms with Crippen LogP contribution in [0, 0.1) is 0 Å². The first-order valence-corrected chi connectivity index (χ1v) is 6.28. The van der Waals surface area contributed by atoms with E-state index in [0.29, 0.717) is 5.02 Å². The molecule has 17 heavy (non-hydrogen) atoms. The number of nitrogens with one attached hydrogen (secondary N) is 1. The van der Waals surface area contributed by atoms with Gasteiger partial charge >= 0.3 is 0 Å². The minimum atomic E-state index is -0.0707. The van der Waals surface area contributed by atoms with Gasteiger partial charge in [-0.05, 0) is 30.5 Å². The Morgan fingerprint density at radius 1 is 1.35 bits per heavy atom. The maximum atomic E-state index is 11.6. The number of carbonyl (C=O) groups excluding carboxylic acids is 1. The molecular weight excluding hydrogens is 234 g/mol. The van der Waals surface area contributed by atoms with Gasteiger partial charge in [-0.15, -0.1) is 0 Å². The SMILES string of the molecule is CCC(CC)NC(=O)C=Cc1ccccc1Cl. The number of hydrogen-bond donors (Lipinski definition) is 1. The maximum Gasteiger partial charge on any atom is 0.244 e. The molecule has 0 spiro atoms. The first kappa shape index (κ1) is 13.8. The summed E-state index contributed by atoms with van der Waals surface area (Å²) >= 11 is 5.99. The highest BCUT2D eigenvalue weighted by atomic mass is 35.5. The van der Waals surface area contributed by atoms with Crippen LogP contribution in [0.5, 0.6) is 0 Å². The molecule has 0 aliphatic heterocycles. The Morgan fingerprint density at radius 2 is 2.00 bits per heavy atom. The molecule has 0 aromatic heterocycles. The Bertz CT molecular complexity index is 397. The predicted octanol–water partition coefficient (Wildman–Crippen LogP) is 3.66. The molecule has 1 N–H and O–H groups in total. The Balaban J connectivity index is 2.60. The van der Waals surface area contributed by atoms with Gasteiger partial charge in [0.1, 0.15) is 0 Å². The molecule has 1 rings (SSSR count). The van der Waals surface area contributed by atoms with Gasteiger partial charge < -0.3 is 5.32 Å². The molecule has 0 aliphatic carbocycles. The highest BCUT2D eigenvalue weighted by Gasteiger charge is 2.05. The van der Waals surface area contributed by atoms with Gasteiger partial charge in [-0.2, -0.15) is 0 Å². The van der Waals surface area contributed by atoms with Gasteiger partial charge in [-0.1, -0.05) is 43.6 Å². The number of halogens is 1. The lowest BCUT2D eigenvalue weighted by Crippen LogP contribution is -2.32. The van der Waals surface area contributed by atoms with E-state index in [9.17, 15) is 4.79 Å². The highest BCUT2D eigenvalue weighted by Crippen LogP contribution is 2.16. The maximum absolute atomic E-state index is 11.6. The zero-order valence-electron chi connectivity index (χ0n) is 10.2. The van der Waals surface area contributed by atoms with Gasteiger partial charge in [0, 0.05) is 17.1 Å². The molecule has 92 valence electrons. The van der Waals surface area contributed by atoms with E-state index in [1.807, 2.05) is 18.2 Å². The van der Waals surface area contributed by atoms with E-state index < -0.39 is 0 Å². The first-order chi connectivity index (χ1) is 8.17. The quantitative estimate of drug-likeness (QED) is 0.795. The standard InChI is InChI=1S/C14H18ClNO/c1-3-12(4-2)16-14(17)10-9-11-7-5-6-8-13(11)15/h5-10,12H,3-4H2,1-2H3,(H,16,17). The summed E-state index contributed by atoms with van der Waals surface area (Å²) in [6.45, 7) is 4.12. The van der Waals surface area contributed by atoms with Crippen LogP contribution < -0.4 is 5.32 Å². The summed E-state index contributed by atoms with van der Waals surface area (Å²) < 4.78 is 0. The molecule has 1 aromatic rings. The monoisotopic (exact) mass is 251 g/mol. The molecule has 0 saturated heterocycles. The van der Waals surface area contributed by atoms with Crippen LogP contribution in [0.25, 0.3) is 6.08 Å². The van der Waals surface area contributed by atoms with E-state index in [-0.39, 0.29) is 11.9 Å². The van der Waals surface area contributed by atoms with E-state index in [1.54, 1.807) is 12.1 Å². The van der Waals surface area contributed by atoms with Crippen molar-refractivity contribution in [1.29, 1.82) is 0 Å². The lowest BCUT2D eigenvalue weighted by molar-refractivity contribution is -0.117. The molecule has 0 saturated carbocycles. The van der Waals surface area contributed by atoms with Crippen molar-refractivity contribution in [2.45, 2.75) is 32.7 Å². The van der Waals surface area contributed by atoms with E-state index >= 15 is 0 Å². The minimum Gasteiger partial charge on any atom is -0.350 e. The van der Waals surface area contributed by atoms with Gasteiger partial charge in [0.25, 0.3) is 0 Å². The average Bonchev–Trinajstić information content (AvgIpc) is 2.35. The van der Waals surface area contributed by atoms with Crippen molar-refractivity contribution < 1.29 is 4.79 Å². The van der Waals surface area contributed by atoms with Crippen molar-refractivity contribution in [1.82, 2.24) is 5.32 Å². The third kappa shape index (κ3) is 4.61. The molecule has 2 nitrogen and oxygen atoms in total. The molecule has 0 heterocycles. The summed E-state index contributed by atoms with van der Waals surface area (Å²) in [5.74, 6) is -0.0707. The Hall–Kier alpha value is -1.28. The molecule has 0 bridgehead atoms. The third-order valence-electron chi connectivity index (χ3n) is 2.65. The van der Waals surface area contributed by atoms with Gasteiger partial charge in [-0.3, -0.25) is 4.79 Å². The van der Waals surface area contributed by atoms with Gasteiger partial charge in [0.15, 0.2) is 0 Å². The van der Waals surface area contributed by atoms with E-state index in [0.717, 1.165) is 18.4 Å². The van der Waals surface area contributed by atoms with Crippen molar-refractivity contribution in [2.75, 3.05) is 0 Å². The molecular formula is C14H18ClNO. The summed E-state index contributed by atoms with van der Waals surface area (Å²) in [4.78, 5) is 11.6. The second-order valence-electron chi connectivity index (χ2n) is 3.88. The van der Waals surface area contributed by atoms with Crippen LogP contribution in [-0.4, -0.2) is 11.9 Å².